The Morgan fingerprint density at radius 3 is 2.70 bits per heavy atom. The number of rotatable bonds is 8. The molecule has 4 heteroatoms. The molecule has 0 unspecified atom stereocenters. The Balaban J connectivity index is 1.59. The lowest BCUT2D eigenvalue weighted by Gasteiger charge is -2.27. The lowest BCUT2D eigenvalue weighted by molar-refractivity contribution is -0.115. The van der Waals surface area contributed by atoms with E-state index in [1.807, 2.05) is 12.1 Å². The van der Waals surface area contributed by atoms with Gasteiger partial charge in [-0.15, -0.1) is 0 Å². The highest BCUT2D eigenvalue weighted by Gasteiger charge is 2.25. The standard InChI is InChI=1S/C23H32O4/c1-2-17-14-18(9-10-19(17)15-24)21(25)11-7-16-8-12-22(26)23(13-16)27-20-5-3-4-6-20/h8,12-14,17,19-20,24,26H,2-7,9-11,15H2,1H3/t17-,19-/m1/s1. The molecule has 2 atom stereocenters. The molecule has 3 rings (SSSR count). The zero-order chi connectivity index (χ0) is 19.2. The predicted molar refractivity (Wildman–Crippen MR) is 106 cm³/mol. The molecule has 0 aromatic heterocycles. The van der Waals surface area contributed by atoms with Crippen molar-refractivity contribution < 1.29 is 19.7 Å². The summed E-state index contributed by atoms with van der Waals surface area (Å²) in [6.07, 6.45) is 10.5. The fraction of sp³-hybridized carbons (Fsp3) is 0.609. The van der Waals surface area contributed by atoms with Crippen molar-refractivity contribution in [2.45, 2.75) is 70.8 Å². The lowest BCUT2D eigenvalue weighted by Crippen LogP contribution is -2.23. The zero-order valence-corrected chi connectivity index (χ0v) is 16.3. The van der Waals surface area contributed by atoms with Crippen molar-refractivity contribution in [2.75, 3.05) is 6.61 Å². The first-order valence-electron chi connectivity index (χ1n) is 10.4. The molecule has 0 saturated heterocycles. The average molecular weight is 373 g/mol. The first-order valence-corrected chi connectivity index (χ1v) is 10.4. The molecule has 0 amide bonds. The predicted octanol–water partition coefficient (Wildman–Crippen LogP) is 4.57. The fourth-order valence-electron chi connectivity index (χ4n) is 4.36. The molecule has 0 bridgehead atoms. The first kappa shape index (κ1) is 19.9. The van der Waals surface area contributed by atoms with Gasteiger partial charge < -0.3 is 14.9 Å². The molecular weight excluding hydrogens is 340 g/mol. The van der Waals surface area contributed by atoms with E-state index in [2.05, 4.69) is 13.0 Å². The summed E-state index contributed by atoms with van der Waals surface area (Å²) in [7, 11) is 0. The van der Waals surface area contributed by atoms with Crippen LogP contribution in [0.25, 0.3) is 0 Å². The number of aliphatic hydroxyl groups excluding tert-OH is 1. The number of allylic oxidation sites excluding steroid dienone is 2. The summed E-state index contributed by atoms with van der Waals surface area (Å²) in [6.45, 7) is 2.31. The van der Waals surface area contributed by atoms with Gasteiger partial charge in [0.1, 0.15) is 0 Å². The normalized spacial score (nSPS) is 23.3. The average Bonchev–Trinajstić information content (AvgIpc) is 3.20. The van der Waals surface area contributed by atoms with Crippen molar-refractivity contribution >= 4 is 5.78 Å². The van der Waals surface area contributed by atoms with E-state index in [4.69, 9.17) is 4.74 Å². The van der Waals surface area contributed by atoms with Crippen LogP contribution in [0.15, 0.2) is 29.8 Å². The van der Waals surface area contributed by atoms with Gasteiger partial charge >= 0.3 is 0 Å². The Labute approximate surface area is 162 Å². The maximum atomic E-state index is 12.6. The second kappa shape index (κ2) is 9.41. The molecule has 0 heterocycles. The SMILES string of the molecule is CC[C@@H]1C=C(C(=O)CCc2ccc(O)c(OC3CCCC3)c2)CC[C@@H]1CO. The molecule has 148 valence electrons. The minimum atomic E-state index is 0.174. The summed E-state index contributed by atoms with van der Waals surface area (Å²) in [4.78, 5) is 12.6. The van der Waals surface area contributed by atoms with Crippen LogP contribution in [0.5, 0.6) is 11.5 Å². The van der Waals surface area contributed by atoms with Gasteiger partial charge in [0.15, 0.2) is 17.3 Å². The van der Waals surface area contributed by atoms with Crippen molar-refractivity contribution in [3.63, 3.8) is 0 Å². The Hall–Kier alpha value is -1.81. The summed E-state index contributed by atoms with van der Waals surface area (Å²) in [5.74, 6) is 1.52. The van der Waals surface area contributed by atoms with Crippen LogP contribution in [-0.2, 0) is 11.2 Å². The number of benzene rings is 1. The van der Waals surface area contributed by atoms with Gasteiger partial charge in [0.2, 0.25) is 0 Å². The lowest BCUT2D eigenvalue weighted by atomic mass is 9.78. The van der Waals surface area contributed by atoms with E-state index < -0.39 is 0 Å². The minimum absolute atomic E-state index is 0.174. The van der Waals surface area contributed by atoms with E-state index in [0.29, 0.717) is 30.4 Å². The van der Waals surface area contributed by atoms with Gasteiger partial charge in [-0.1, -0.05) is 19.1 Å². The van der Waals surface area contributed by atoms with Crippen LogP contribution in [0.4, 0.5) is 0 Å². The van der Waals surface area contributed by atoms with Gasteiger partial charge in [0.05, 0.1) is 6.10 Å². The number of hydrogen-bond acceptors (Lipinski definition) is 4. The van der Waals surface area contributed by atoms with Crippen LogP contribution in [0.2, 0.25) is 0 Å². The topological polar surface area (TPSA) is 66.8 Å². The van der Waals surface area contributed by atoms with E-state index in [1.54, 1.807) is 6.07 Å². The molecule has 4 nitrogen and oxygen atoms in total. The van der Waals surface area contributed by atoms with E-state index in [-0.39, 0.29) is 24.2 Å². The molecule has 0 aliphatic heterocycles. The Morgan fingerprint density at radius 1 is 1.22 bits per heavy atom. The molecule has 1 aromatic rings. The molecule has 1 saturated carbocycles. The number of aryl methyl sites for hydroxylation is 1. The molecule has 1 fully saturated rings. The summed E-state index contributed by atoms with van der Waals surface area (Å²) in [5.41, 5.74) is 1.94. The first-order chi connectivity index (χ1) is 13.1. The van der Waals surface area contributed by atoms with Gasteiger partial charge in [-0.25, -0.2) is 0 Å². The number of phenols is 1. The number of aliphatic hydroxyl groups is 1. The summed E-state index contributed by atoms with van der Waals surface area (Å²) >= 11 is 0. The molecule has 2 aliphatic rings. The number of carbonyl (C=O) groups excluding carboxylic acids is 1. The second-order valence-electron chi connectivity index (χ2n) is 7.99. The number of phenolic OH excluding ortho intramolecular Hbond substituents is 1. The van der Waals surface area contributed by atoms with Crippen molar-refractivity contribution in [3.05, 3.63) is 35.4 Å². The van der Waals surface area contributed by atoms with Crippen LogP contribution in [0.3, 0.4) is 0 Å². The van der Waals surface area contributed by atoms with E-state index in [9.17, 15) is 15.0 Å². The third kappa shape index (κ3) is 5.13. The van der Waals surface area contributed by atoms with E-state index in [0.717, 1.165) is 43.2 Å². The summed E-state index contributed by atoms with van der Waals surface area (Å²) in [6, 6.07) is 5.42. The van der Waals surface area contributed by atoms with Crippen molar-refractivity contribution in [1.29, 1.82) is 0 Å². The Bertz CT molecular complexity index is 673. The molecular formula is C23H32O4. The monoisotopic (exact) mass is 372 g/mol. The smallest absolute Gasteiger partial charge is 0.161 e. The fourth-order valence-corrected chi connectivity index (χ4v) is 4.36. The van der Waals surface area contributed by atoms with Gasteiger partial charge in [-0.05, 0) is 86.5 Å². The van der Waals surface area contributed by atoms with Crippen molar-refractivity contribution in [3.8, 4) is 11.5 Å². The number of ketones is 1. The van der Waals surface area contributed by atoms with Crippen LogP contribution in [0.1, 0.15) is 63.9 Å². The third-order valence-electron chi connectivity index (χ3n) is 6.13. The van der Waals surface area contributed by atoms with E-state index >= 15 is 0 Å². The van der Waals surface area contributed by atoms with Crippen LogP contribution >= 0.6 is 0 Å². The summed E-state index contributed by atoms with van der Waals surface area (Å²) < 4.78 is 5.95. The van der Waals surface area contributed by atoms with Crippen molar-refractivity contribution in [2.24, 2.45) is 11.8 Å². The number of hydrogen-bond donors (Lipinski definition) is 2. The van der Waals surface area contributed by atoms with Crippen LogP contribution in [-0.4, -0.2) is 28.7 Å². The van der Waals surface area contributed by atoms with Crippen LogP contribution in [0, 0.1) is 11.8 Å². The highest BCUT2D eigenvalue weighted by molar-refractivity contribution is 5.95. The Kier molecular flexibility index (Phi) is 6.95. The van der Waals surface area contributed by atoms with E-state index in [1.165, 1.54) is 12.8 Å². The van der Waals surface area contributed by atoms with Crippen LogP contribution < -0.4 is 4.74 Å². The molecule has 0 radical (unpaired) electrons. The highest BCUT2D eigenvalue weighted by atomic mass is 16.5. The molecule has 27 heavy (non-hydrogen) atoms. The molecule has 1 aromatic carbocycles. The maximum absolute atomic E-state index is 12.6. The molecule has 2 N–H and O–H groups in total. The maximum Gasteiger partial charge on any atom is 0.161 e. The largest absolute Gasteiger partial charge is 0.504 e. The Morgan fingerprint density at radius 2 is 2.00 bits per heavy atom. The molecule has 0 spiro atoms. The van der Waals surface area contributed by atoms with Gasteiger partial charge in [0, 0.05) is 13.0 Å². The number of aromatic hydroxyl groups is 1. The second-order valence-corrected chi connectivity index (χ2v) is 7.99. The van der Waals surface area contributed by atoms with Gasteiger partial charge in [0.25, 0.3) is 0 Å². The van der Waals surface area contributed by atoms with Gasteiger partial charge in [-0.2, -0.15) is 0 Å². The van der Waals surface area contributed by atoms with Crippen molar-refractivity contribution in [1.82, 2.24) is 0 Å². The number of carbonyl (C=O) groups is 1. The number of ether oxygens (including phenoxy) is 1. The quantitative estimate of drug-likeness (QED) is 0.701. The number of Topliss-reactive ketones (excluding diaryl/α,β-unsaturated/α-hetero) is 1. The molecule has 2 aliphatic carbocycles. The summed E-state index contributed by atoms with van der Waals surface area (Å²) in [5, 5.41) is 19.5. The highest BCUT2D eigenvalue weighted by Crippen LogP contribution is 2.33. The zero-order valence-electron chi connectivity index (χ0n) is 16.3. The minimum Gasteiger partial charge on any atom is -0.504 e. The van der Waals surface area contributed by atoms with Gasteiger partial charge in [-0.3, -0.25) is 4.79 Å². The third-order valence-corrected chi connectivity index (χ3v) is 6.13.